The summed E-state index contributed by atoms with van der Waals surface area (Å²) < 4.78 is 11.7. The second-order valence-electron chi connectivity index (χ2n) is 3.66. The summed E-state index contributed by atoms with van der Waals surface area (Å²) in [6.07, 6.45) is 1.63. The molecular formula is C11H14BrNO3S. The molecule has 2 N–H and O–H groups in total. The number of carboxylic acid groups (broad SMARTS) is 1. The van der Waals surface area contributed by atoms with E-state index in [9.17, 15) is 9.00 Å². The Kier molecular flexibility index (Phi) is 5.14. The zero-order chi connectivity index (χ0) is 13.0. The van der Waals surface area contributed by atoms with Gasteiger partial charge >= 0.3 is 5.97 Å². The van der Waals surface area contributed by atoms with Crippen LogP contribution in [-0.2, 0) is 10.8 Å². The molecule has 0 aliphatic carbocycles. The molecule has 0 spiro atoms. The van der Waals surface area contributed by atoms with Gasteiger partial charge in [-0.2, -0.15) is 0 Å². The van der Waals surface area contributed by atoms with E-state index >= 15 is 0 Å². The predicted octanol–water partition coefficient (Wildman–Crippen LogP) is 2.33. The molecule has 0 saturated heterocycles. The van der Waals surface area contributed by atoms with Gasteiger partial charge in [0.1, 0.15) is 0 Å². The number of carboxylic acids is 1. The number of aromatic carboxylic acids is 1. The average Bonchev–Trinajstić information content (AvgIpc) is 2.24. The van der Waals surface area contributed by atoms with E-state index in [2.05, 4.69) is 21.2 Å². The number of anilines is 1. The molecule has 0 radical (unpaired) electrons. The van der Waals surface area contributed by atoms with Crippen molar-refractivity contribution >= 4 is 38.4 Å². The minimum absolute atomic E-state index is 0.0318. The van der Waals surface area contributed by atoms with Crippen molar-refractivity contribution in [2.24, 2.45) is 0 Å². The first-order valence-electron chi connectivity index (χ1n) is 5.01. The lowest BCUT2D eigenvalue weighted by Crippen LogP contribution is -2.21. The van der Waals surface area contributed by atoms with Crippen molar-refractivity contribution < 1.29 is 14.1 Å². The Balaban J connectivity index is 2.88. The third kappa shape index (κ3) is 3.81. The summed E-state index contributed by atoms with van der Waals surface area (Å²) in [6.45, 7) is 2.32. The molecule has 1 aromatic rings. The van der Waals surface area contributed by atoms with E-state index in [0.717, 1.165) is 0 Å². The van der Waals surface area contributed by atoms with Gasteiger partial charge < -0.3 is 10.4 Å². The molecule has 0 aliphatic heterocycles. The quantitative estimate of drug-likeness (QED) is 0.874. The first kappa shape index (κ1) is 14.2. The van der Waals surface area contributed by atoms with Crippen molar-refractivity contribution in [1.82, 2.24) is 0 Å². The van der Waals surface area contributed by atoms with Gasteiger partial charge in [-0.15, -0.1) is 0 Å². The summed E-state index contributed by atoms with van der Waals surface area (Å²) in [6, 6.07) is 5.13. The summed E-state index contributed by atoms with van der Waals surface area (Å²) >= 11 is 3.20. The third-order valence-electron chi connectivity index (χ3n) is 2.37. The van der Waals surface area contributed by atoms with Gasteiger partial charge in [-0.3, -0.25) is 4.21 Å². The van der Waals surface area contributed by atoms with Crippen LogP contribution in [-0.4, -0.2) is 33.3 Å². The Labute approximate surface area is 111 Å². The van der Waals surface area contributed by atoms with Crippen LogP contribution in [0, 0.1) is 0 Å². The summed E-state index contributed by atoms with van der Waals surface area (Å²) in [7, 11) is -0.928. The molecule has 2 unspecified atom stereocenters. The Morgan fingerprint density at radius 2 is 2.24 bits per heavy atom. The monoisotopic (exact) mass is 319 g/mol. The standard InChI is InChI=1S/C11H14BrNO3S/c1-7(17(2)16)6-13-9-5-3-4-8(12)10(9)11(14)15/h3-5,7,13H,6H2,1-2H3,(H,14,15). The van der Waals surface area contributed by atoms with E-state index in [1.54, 1.807) is 24.5 Å². The van der Waals surface area contributed by atoms with Gasteiger partial charge in [0, 0.05) is 39.0 Å². The average molecular weight is 320 g/mol. The molecule has 2 atom stereocenters. The Morgan fingerprint density at radius 3 is 2.76 bits per heavy atom. The molecule has 4 nitrogen and oxygen atoms in total. The van der Waals surface area contributed by atoms with Crippen molar-refractivity contribution in [3.63, 3.8) is 0 Å². The fourth-order valence-corrected chi connectivity index (χ4v) is 2.11. The van der Waals surface area contributed by atoms with Crippen molar-refractivity contribution in [2.45, 2.75) is 12.2 Å². The molecule has 6 heteroatoms. The van der Waals surface area contributed by atoms with Gasteiger partial charge in [0.2, 0.25) is 0 Å². The molecule has 0 aliphatic rings. The van der Waals surface area contributed by atoms with Gasteiger partial charge in [0.15, 0.2) is 0 Å². The largest absolute Gasteiger partial charge is 0.478 e. The minimum Gasteiger partial charge on any atom is -0.478 e. The maximum atomic E-state index is 11.2. The van der Waals surface area contributed by atoms with Crippen LogP contribution < -0.4 is 5.32 Å². The predicted molar refractivity (Wildman–Crippen MR) is 73.1 cm³/mol. The molecule has 1 aromatic carbocycles. The van der Waals surface area contributed by atoms with Crippen LogP contribution in [0.4, 0.5) is 5.69 Å². The third-order valence-corrected chi connectivity index (χ3v) is 4.33. The molecule has 0 fully saturated rings. The molecule has 17 heavy (non-hydrogen) atoms. The van der Waals surface area contributed by atoms with Crippen LogP contribution in [0.1, 0.15) is 17.3 Å². The lowest BCUT2D eigenvalue weighted by atomic mass is 10.2. The highest BCUT2D eigenvalue weighted by molar-refractivity contribution is 9.10. The minimum atomic E-state index is -0.995. The number of halogens is 1. The van der Waals surface area contributed by atoms with E-state index in [1.165, 1.54) is 0 Å². The molecule has 94 valence electrons. The summed E-state index contributed by atoms with van der Waals surface area (Å²) in [4.78, 5) is 11.1. The fourth-order valence-electron chi connectivity index (χ4n) is 1.26. The van der Waals surface area contributed by atoms with E-state index in [4.69, 9.17) is 5.11 Å². The second kappa shape index (κ2) is 6.16. The zero-order valence-electron chi connectivity index (χ0n) is 9.57. The summed E-state index contributed by atoms with van der Waals surface area (Å²) in [5.41, 5.74) is 0.728. The summed E-state index contributed by atoms with van der Waals surface area (Å²) in [5, 5.41) is 12.1. The normalized spacial score (nSPS) is 14.1. The SMILES string of the molecule is CC(CNc1cccc(Br)c1C(=O)O)S(C)=O. The van der Waals surface area contributed by atoms with Gasteiger partial charge in [0.05, 0.1) is 5.56 Å². The maximum Gasteiger partial charge on any atom is 0.338 e. The van der Waals surface area contributed by atoms with Crippen LogP contribution in [0.25, 0.3) is 0 Å². The topological polar surface area (TPSA) is 66.4 Å². The van der Waals surface area contributed by atoms with Gasteiger partial charge in [0.25, 0.3) is 0 Å². The van der Waals surface area contributed by atoms with Gasteiger partial charge in [-0.05, 0) is 35.0 Å². The van der Waals surface area contributed by atoms with Gasteiger partial charge in [-0.1, -0.05) is 6.07 Å². The highest BCUT2D eigenvalue weighted by Gasteiger charge is 2.14. The lowest BCUT2D eigenvalue weighted by molar-refractivity contribution is 0.0697. The highest BCUT2D eigenvalue weighted by Crippen LogP contribution is 2.24. The first-order valence-corrected chi connectivity index (χ1v) is 7.42. The number of benzene rings is 1. The molecule has 0 heterocycles. The highest BCUT2D eigenvalue weighted by atomic mass is 79.9. The number of carbonyl (C=O) groups is 1. The van der Waals surface area contributed by atoms with E-state index in [-0.39, 0.29) is 10.8 Å². The van der Waals surface area contributed by atoms with Crippen LogP contribution in [0.3, 0.4) is 0 Å². The molecule has 0 saturated carbocycles. The lowest BCUT2D eigenvalue weighted by Gasteiger charge is -2.13. The van der Waals surface area contributed by atoms with Crippen LogP contribution >= 0.6 is 15.9 Å². The van der Waals surface area contributed by atoms with Gasteiger partial charge in [-0.25, -0.2) is 4.79 Å². The number of hydrogen-bond donors (Lipinski definition) is 2. The zero-order valence-corrected chi connectivity index (χ0v) is 12.0. The Bertz CT molecular complexity index is 450. The molecule has 0 amide bonds. The Hall–Kier alpha value is -0.880. The number of rotatable bonds is 5. The van der Waals surface area contributed by atoms with Crippen LogP contribution in [0.15, 0.2) is 22.7 Å². The molecule has 0 bridgehead atoms. The van der Waals surface area contributed by atoms with E-state index in [1.807, 2.05) is 6.92 Å². The molecule has 0 aromatic heterocycles. The molecular weight excluding hydrogens is 306 g/mol. The Morgan fingerprint density at radius 1 is 1.59 bits per heavy atom. The fraction of sp³-hybridized carbons (Fsp3) is 0.364. The van der Waals surface area contributed by atoms with Crippen LogP contribution in [0.5, 0.6) is 0 Å². The van der Waals surface area contributed by atoms with Crippen molar-refractivity contribution in [2.75, 3.05) is 18.1 Å². The van der Waals surface area contributed by atoms with Crippen molar-refractivity contribution in [3.8, 4) is 0 Å². The smallest absolute Gasteiger partial charge is 0.338 e. The number of hydrogen-bond acceptors (Lipinski definition) is 3. The summed E-state index contributed by atoms with van der Waals surface area (Å²) in [5.74, 6) is -0.995. The molecule has 1 rings (SSSR count). The first-order chi connectivity index (χ1) is 7.93. The second-order valence-corrected chi connectivity index (χ2v) is 6.31. The van der Waals surface area contributed by atoms with Crippen molar-refractivity contribution in [3.05, 3.63) is 28.2 Å². The van der Waals surface area contributed by atoms with Crippen molar-refractivity contribution in [1.29, 1.82) is 0 Å². The van der Waals surface area contributed by atoms with E-state index in [0.29, 0.717) is 16.7 Å². The van der Waals surface area contributed by atoms with Crippen LogP contribution in [0.2, 0.25) is 0 Å². The van der Waals surface area contributed by atoms with E-state index < -0.39 is 16.8 Å². The maximum absolute atomic E-state index is 11.2. The number of nitrogens with one attached hydrogen (secondary N) is 1.